The third-order valence-electron chi connectivity index (χ3n) is 4.06. The molecule has 1 saturated heterocycles. The minimum atomic E-state index is 0.469. The summed E-state index contributed by atoms with van der Waals surface area (Å²) in [7, 11) is 7.56. The first-order chi connectivity index (χ1) is 10.0. The van der Waals surface area contributed by atoms with E-state index in [-0.39, 0.29) is 0 Å². The highest BCUT2D eigenvalue weighted by Gasteiger charge is 2.22. The van der Waals surface area contributed by atoms with Crippen LogP contribution in [0.5, 0.6) is 11.5 Å². The van der Waals surface area contributed by atoms with Crippen LogP contribution in [0.1, 0.15) is 0 Å². The molecule has 2 rings (SSSR count). The van der Waals surface area contributed by atoms with Gasteiger partial charge in [-0.3, -0.25) is 4.90 Å². The topological polar surface area (TPSA) is 63.0 Å². The van der Waals surface area contributed by atoms with Crippen molar-refractivity contribution >= 4 is 11.4 Å². The summed E-state index contributed by atoms with van der Waals surface area (Å²) < 4.78 is 10.6. The maximum Gasteiger partial charge on any atom is 0.162 e. The Kier molecular flexibility index (Phi) is 5.14. The Morgan fingerprint density at radius 1 is 1.19 bits per heavy atom. The summed E-state index contributed by atoms with van der Waals surface area (Å²) in [6.07, 6.45) is 0. The van der Waals surface area contributed by atoms with E-state index < -0.39 is 0 Å². The van der Waals surface area contributed by atoms with Crippen LogP contribution in [0.25, 0.3) is 0 Å². The zero-order chi connectivity index (χ0) is 15.4. The second-order valence-corrected chi connectivity index (χ2v) is 5.57. The Morgan fingerprint density at radius 2 is 1.86 bits per heavy atom. The second kappa shape index (κ2) is 6.87. The number of rotatable bonds is 5. The fourth-order valence-electron chi connectivity index (χ4n) is 2.60. The Hall–Kier alpha value is -1.66. The first-order valence-electron chi connectivity index (χ1n) is 7.19. The van der Waals surface area contributed by atoms with Crippen molar-refractivity contribution in [2.24, 2.45) is 0 Å². The van der Waals surface area contributed by atoms with Gasteiger partial charge in [0.25, 0.3) is 0 Å². The first-order valence-corrected chi connectivity index (χ1v) is 7.19. The molecule has 3 N–H and O–H groups in total. The van der Waals surface area contributed by atoms with Crippen LogP contribution in [-0.2, 0) is 0 Å². The number of benzene rings is 1. The van der Waals surface area contributed by atoms with Crippen LogP contribution < -0.4 is 20.5 Å². The van der Waals surface area contributed by atoms with Crippen LogP contribution in [-0.4, -0.2) is 70.3 Å². The standard InChI is InChI=1S/C15H26N4O2/c1-18-5-6-19(2)11(10-18)9-17-13-8-15(21-4)14(20-3)7-12(13)16/h7-8,11,17H,5-6,9-10,16H2,1-4H3. The molecule has 0 amide bonds. The van der Waals surface area contributed by atoms with E-state index in [2.05, 4.69) is 29.2 Å². The molecule has 1 aliphatic rings. The molecular formula is C15H26N4O2. The zero-order valence-corrected chi connectivity index (χ0v) is 13.3. The Labute approximate surface area is 126 Å². The summed E-state index contributed by atoms with van der Waals surface area (Å²) in [6, 6.07) is 4.15. The van der Waals surface area contributed by atoms with Gasteiger partial charge in [-0.15, -0.1) is 0 Å². The quantitative estimate of drug-likeness (QED) is 0.788. The summed E-state index contributed by atoms with van der Waals surface area (Å²) in [5, 5.41) is 3.43. The van der Waals surface area contributed by atoms with E-state index in [0.717, 1.165) is 31.9 Å². The molecule has 1 heterocycles. The number of nitrogens with zero attached hydrogens (tertiary/aromatic N) is 2. The lowest BCUT2D eigenvalue weighted by Gasteiger charge is -2.38. The molecule has 0 aromatic heterocycles. The third kappa shape index (κ3) is 3.71. The maximum absolute atomic E-state index is 6.08. The lowest BCUT2D eigenvalue weighted by molar-refractivity contribution is 0.122. The number of anilines is 2. The summed E-state index contributed by atoms with van der Waals surface area (Å²) in [4.78, 5) is 4.73. The van der Waals surface area contributed by atoms with E-state index in [9.17, 15) is 0 Å². The van der Waals surface area contributed by atoms with Crippen LogP contribution >= 0.6 is 0 Å². The van der Waals surface area contributed by atoms with Crippen molar-refractivity contribution in [3.63, 3.8) is 0 Å². The average molecular weight is 294 g/mol. The van der Waals surface area contributed by atoms with Crippen molar-refractivity contribution in [3.8, 4) is 11.5 Å². The van der Waals surface area contributed by atoms with Gasteiger partial charge in [0.05, 0.1) is 25.6 Å². The predicted octanol–water partition coefficient (Wildman–Crippen LogP) is 0.944. The Morgan fingerprint density at radius 3 is 2.52 bits per heavy atom. The van der Waals surface area contributed by atoms with Gasteiger partial charge in [-0.2, -0.15) is 0 Å². The average Bonchev–Trinajstić information content (AvgIpc) is 2.48. The number of ether oxygens (including phenoxy) is 2. The second-order valence-electron chi connectivity index (χ2n) is 5.57. The van der Waals surface area contributed by atoms with Crippen LogP contribution in [0.2, 0.25) is 0 Å². The van der Waals surface area contributed by atoms with E-state index in [1.54, 1.807) is 20.3 Å². The first kappa shape index (κ1) is 15.7. The molecule has 0 bridgehead atoms. The number of piperazine rings is 1. The van der Waals surface area contributed by atoms with Crippen molar-refractivity contribution in [3.05, 3.63) is 12.1 Å². The molecule has 6 heteroatoms. The summed E-state index contributed by atoms with van der Waals surface area (Å²) in [5.74, 6) is 1.33. The van der Waals surface area contributed by atoms with E-state index in [1.165, 1.54) is 0 Å². The van der Waals surface area contributed by atoms with E-state index in [4.69, 9.17) is 15.2 Å². The van der Waals surface area contributed by atoms with E-state index >= 15 is 0 Å². The van der Waals surface area contributed by atoms with Crippen LogP contribution in [0, 0.1) is 0 Å². The number of hydrogen-bond donors (Lipinski definition) is 2. The van der Waals surface area contributed by atoms with Crippen LogP contribution in [0.15, 0.2) is 12.1 Å². The monoisotopic (exact) mass is 294 g/mol. The number of hydrogen-bond acceptors (Lipinski definition) is 6. The Bertz CT molecular complexity index is 481. The maximum atomic E-state index is 6.08. The molecule has 1 unspecified atom stereocenters. The molecule has 1 fully saturated rings. The van der Waals surface area contributed by atoms with Crippen molar-refractivity contribution in [1.29, 1.82) is 0 Å². The number of methoxy groups -OCH3 is 2. The summed E-state index contributed by atoms with van der Waals surface area (Å²) in [5.41, 5.74) is 7.63. The van der Waals surface area contributed by atoms with Gasteiger partial charge in [0.2, 0.25) is 0 Å². The molecule has 1 aromatic rings. The molecule has 1 atom stereocenters. The minimum absolute atomic E-state index is 0.469. The third-order valence-corrected chi connectivity index (χ3v) is 4.06. The van der Waals surface area contributed by atoms with Gasteiger partial charge in [-0.25, -0.2) is 0 Å². The van der Waals surface area contributed by atoms with Crippen molar-refractivity contribution in [2.75, 3.05) is 65.5 Å². The highest BCUT2D eigenvalue weighted by Crippen LogP contribution is 2.34. The molecule has 0 saturated carbocycles. The largest absolute Gasteiger partial charge is 0.493 e. The van der Waals surface area contributed by atoms with Gasteiger partial charge in [0, 0.05) is 44.4 Å². The summed E-state index contributed by atoms with van der Waals surface area (Å²) in [6.45, 7) is 4.10. The van der Waals surface area contributed by atoms with Crippen molar-refractivity contribution in [1.82, 2.24) is 9.80 Å². The highest BCUT2D eigenvalue weighted by molar-refractivity contribution is 5.72. The molecule has 1 aliphatic heterocycles. The van der Waals surface area contributed by atoms with Crippen LogP contribution in [0.3, 0.4) is 0 Å². The molecule has 0 radical (unpaired) electrons. The molecule has 1 aromatic carbocycles. The molecule has 118 valence electrons. The number of nitrogen functional groups attached to an aromatic ring is 1. The number of nitrogens with two attached hydrogens (primary N) is 1. The lowest BCUT2D eigenvalue weighted by atomic mass is 10.1. The fraction of sp³-hybridized carbons (Fsp3) is 0.600. The van der Waals surface area contributed by atoms with Gasteiger partial charge >= 0.3 is 0 Å². The normalized spacial score (nSPS) is 20.3. The predicted molar refractivity (Wildman–Crippen MR) is 86.4 cm³/mol. The van der Waals surface area contributed by atoms with Gasteiger partial charge in [-0.1, -0.05) is 0 Å². The Balaban J connectivity index is 2.05. The minimum Gasteiger partial charge on any atom is -0.493 e. The van der Waals surface area contributed by atoms with Gasteiger partial charge in [-0.05, 0) is 14.1 Å². The number of nitrogens with one attached hydrogen (secondary N) is 1. The molecule has 6 nitrogen and oxygen atoms in total. The smallest absolute Gasteiger partial charge is 0.162 e. The van der Waals surface area contributed by atoms with Gasteiger partial charge in [0.15, 0.2) is 11.5 Å². The summed E-state index contributed by atoms with van der Waals surface area (Å²) >= 11 is 0. The van der Waals surface area contributed by atoms with Crippen LogP contribution in [0.4, 0.5) is 11.4 Å². The molecular weight excluding hydrogens is 268 g/mol. The molecule has 0 spiro atoms. The van der Waals surface area contributed by atoms with Gasteiger partial charge < -0.3 is 25.4 Å². The van der Waals surface area contributed by atoms with Crippen molar-refractivity contribution in [2.45, 2.75) is 6.04 Å². The highest BCUT2D eigenvalue weighted by atomic mass is 16.5. The lowest BCUT2D eigenvalue weighted by Crippen LogP contribution is -2.52. The molecule has 21 heavy (non-hydrogen) atoms. The van der Waals surface area contributed by atoms with Gasteiger partial charge in [0.1, 0.15) is 0 Å². The molecule has 0 aliphatic carbocycles. The SMILES string of the molecule is COc1cc(N)c(NCC2CN(C)CCN2C)cc1OC. The number of likely N-dealkylation sites (N-methyl/N-ethyl adjacent to an activating group) is 2. The van der Waals surface area contributed by atoms with E-state index in [0.29, 0.717) is 23.2 Å². The fourth-order valence-corrected chi connectivity index (χ4v) is 2.60. The van der Waals surface area contributed by atoms with E-state index in [1.807, 2.05) is 6.07 Å². The zero-order valence-electron chi connectivity index (χ0n) is 13.3. The van der Waals surface area contributed by atoms with Crippen molar-refractivity contribution < 1.29 is 9.47 Å².